The van der Waals surface area contributed by atoms with E-state index in [4.69, 9.17) is 10.5 Å². The van der Waals surface area contributed by atoms with E-state index in [2.05, 4.69) is 17.2 Å². The second-order valence-corrected chi connectivity index (χ2v) is 3.52. The zero-order valence-corrected chi connectivity index (χ0v) is 10.0. The Morgan fingerprint density at radius 1 is 1.53 bits per heavy atom. The predicted octanol–water partition coefficient (Wildman–Crippen LogP) is 0.890. The van der Waals surface area contributed by atoms with Gasteiger partial charge in [-0.1, -0.05) is 17.9 Å². The van der Waals surface area contributed by atoms with Crippen LogP contribution >= 0.6 is 0 Å². The van der Waals surface area contributed by atoms with Gasteiger partial charge in [0, 0.05) is 18.4 Å². The summed E-state index contributed by atoms with van der Waals surface area (Å²) in [5.41, 5.74) is 7.95. The molecule has 0 atom stereocenters. The SMILES string of the molecule is COCC(=O)Nc1ccc(C)c(C#CCN)c1. The molecule has 0 spiro atoms. The Hall–Kier alpha value is -1.83. The second-order valence-electron chi connectivity index (χ2n) is 3.52. The molecule has 0 radical (unpaired) electrons. The van der Waals surface area contributed by atoms with Crippen LogP contribution in [-0.4, -0.2) is 26.2 Å². The topological polar surface area (TPSA) is 64.3 Å². The smallest absolute Gasteiger partial charge is 0.250 e. The summed E-state index contributed by atoms with van der Waals surface area (Å²) in [5.74, 6) is 5.57. The highest BCUT2D eigenvalue weighted by molar-refractivity contribution is 5.91. The van der Waals surface area contributed by atoms with Crippen molar-refractivity contribution in [2.45, 2.75) is 6.92 Å². The Bertz CT molecular complexity index is 458. The van der Waals surface area contributed by atoms with Gasteiger partial charge in [0.05, 0.1) is 6.54 Å². The lowest BCUT2D eigenvalue weighted by molar-refractivity contribution is -0.119. The van der Waals surface area contributed by atoms with Crippen molar-refractivity contribution in [2.75, 3.05) is 25.6 Å². The Kier molecular flexibility index (Phi) is 5.21. The number of hydrogen-bond acceptors (Lipinski definition) is 3. The third kappa shape index (κ3) is 4.27. The quantitative estimate of drug-likeness (QED) is 0.761. The lowest BCUT2D eigenvalue weighted by Crippen LogP contribution is -2.17. The van der Waals surface area contributed by atoms with Crippen LogP contribution in [-0.2, 0) is 9.53 Å². The Morgan fingerprint density at radius 3 is 2.94 bits per heavy atom. The summed E-state index contributed by atoms with van der Waals surface area (Å²) in [7, 11) is 1.48. The van der Waals surface area contributed by atoms with Gasteiger partial charge in [0.1, 0.15) is 6.61 Å². The third-order valence-electron chi connectivity index (χ3n) is 2.12. The Balaban J connectivity index is 2.85. The van der Waals surface area contributed by atoms with Crippen molar-refractivity contribution in [2.24, 2.45) is 5.73 Å². The fraction of sp³-hybridized carbons (Fsp3) is 0.308. The number of benzene rings is 1. The van der Waals surface area contributed by atoms with E-state index in [0.29, 0.717) is 12.2 Å². The maximum Gasteiger partial charge on any atom is 0.250 e. The van der Waals surface area contributed by atoms with Crippen LogP contribution in [0.5, 0.6) is 0 Å². The molecule has 0 aliphatic heterocycles. The van der Waals surface area contributed by atoms with Crippen molar-refractivity contribution in [3.8, 4) is 11.8 Å². The molecule has 0 bridgehead atoms. The van der Waals surface area contributed by atoms with Crippen LogP contribution in [0, 0.1) is 18.8 Å². The van der Waals surface area contributed by atoms with E-state index < -0.39 is 0 Å². The van der Waals surface area contributed by atoms with Crippen molar-refractivity contribution < 1.29 is 9.53 Å². The van der Waals surface area contributed by atoms with Gasteiger partial charge in [-0.15, -0.1) is 0 Å². The summed E-state index contributed by atoms with van der Waals surface area (Å²) >= 11 is 0. The number of carbonyl (C=O) groups is 1. The largest absolute Gasteiger partial charge is 0.375 e. The molecule has 1 aromatic carbocycles. The molecule has 3 N–H and O–H groups in total. The number of carbonyl (C=O) groups excluding carboxylic acids is 1. The molecule has 0 aromatic heterocycles. The van der Waals surface area contributed by atoms with E-state index in [0.717, 1.165) is 11.1 Å². The Morgan fingerprint density at radius 2 is 2.29 bits per heavy atom. The number of methoxy groups -OCH3 is 1. The van der Waals surface area contributed by atoms with E-state index in [-0.39, 0.29) is 12.5 Å². The molecule has 1 aromatic rings. The monoisotopic (exact) mass is 232 g/mol. The van der Waals surface area contributed by atoms with Gasteiger partial charge in [0.25, 0.3) is 0 Å². The highest BCUT2D eigenvalue weighted by atomic mass is 16.5. The van der Waals surface area contributed by atoms with E-state index in [1.54, 1.807) is 0 Å². The molecule has 0 unspecified atom stereocenters. The molecule has 0 fully saturated rings. The van der Waals surface area contributed by atoms with Crippen LogP contribution in [0.4, 0.5) is 5.69 Å². The zero-order chi connectivity index (χ0) is 12.7. The van der Waals surface area contributed by atoms with Gasteiger partial charge in [0.15, 0.2) is 0 Å². The number of hydrogen-bond donors (Lipinski definition) is 2. The molecule has 90 valence electrons. The third-order valence-corrected chi connectivity index (χ3v) is 2.12. The van der Waals surface area contributed by atoms with Gasteiger partial charge in [-0.05, 0) is 24.6 Å². The first-order valence-electron chi connectivity index (χ1n) is 5.25. The lowest BCUT2D eigenvalue weighted by atomic mass is 10.1. The van der Waals surface area contributed by atoms with Crippen LogP contribution in [0.15, 0.2) is 18.2 Å². The molecular weight excluding hydrogens is 216 g/mol. The second kappa shape index (κ2) is 6.69. The lowest BCUT2D eigenvalue weighted by Gasteiger charge is -2.06. The summed E-state index contributed by atoms with van der Waals surface area (Å²) in [6, 6.07) is 5.56. The maximum absolute atomic E-state index is 11.3. The standard InChI is InChI=1S/C13H16N2O2/c1-10-5-6-12(15-13(16)9-17-2)8-11(10)4-3-7-14/h5-6,8H,7,9,14H2,1-2H3,(H,15,16). The van der Waals surface area contributed by atoms with Crippen molar-refractivity contribution in [1.82, 2.24) is 0 Å². The minimum absolute atomic E-state index is 0.0394. The van der Waals surface area contributed by atoms with Gasteiger partial charge in [-0.25, -0.2) is 0 Å². The van der Waals surface area contributed by atoms with E-state index in [9.17, 15) is 4.79 Å². The van der Waals surface area contributed by atoms with E-state index in [1.165, 1.54) is 7.11 Å². The van der Waals surface area contributed by atoms with Gasteiger partial charge in [-0.3, -0.25) is 4.79 Å². The highest BCUT2D eigenvalue weighted by Crippen LogP contribution is 2.14. The van der Waals surface area contributed by atoms with Crippen LogP contribution in [0.2, 0.25) is 0 Å². The minimum atomic E-state index is -0.186. The molecule has 0 aliphatic rings. The summed E-state index contributed by atoms with van der Waals surface area (Å²) in [6.45, 7) is 2.32. The van der Waals surface area contributed by atoms with Gasteiger partial charge in [0.2, 0.25) is 5.91 Å². The van der Waals surface area contributed by atoms with Crippen LogP contribution in [0.1, 0.15) is 11.1 Å². The summed E-state index contributed by atoms with van der Waals surface area (Å²) in [6.07, 6.45) is 0. The Labute approximate surface area is 101 Å². The molecule has 0 heterocycles. The first kappa shape index (κ1) is 13.2. The molecule has 0 saturated heterocycles. The average molecular weight is 232 g/mol. The van der Waals surface area contributed by atoms with Gasteiger partial charge >= 0.3 is 0 Å². The number of rotatable bonds is 3. The number of amides is 1. The molecule has 1 amide bonds. The number of nitrogens with two attached hydrogens (primary N) is 1. The fourth-order valence-corrected chi connectivity index (χ4v) is 1.31. The predicted molar refractivity (Wildman–Crippen MR) is 67.6 cm³/mol. The molecule has 4 nitrogen and oxygen atoms in total. The van der Waals surface area contributed by atoms with Crippen molar-refractivity contribution in [1.29, 1.82) is 0 Å². The van der Waals surface area contributed by atoms with Crippen LogP contribution in [0.25, 0.3) is 0 Å². The number of nitrogens with one attached hydrogen (secondary N) is 1. The first-order chi connectivity index (χ1) is 8.17. The fourth-order valence-electron chi connectivity index (χ4n) is 1.31. The van der Waals surface area contributed by atoms with Crippen molar-refractivity contribution >= 4 is 11.6 Å². The molecule has 4 heteroatoms. The van der Waals surface area contributed by atoms with Crippen LogP contribution in [0.3, 0.4) is 0 Å². The van der Waals surface area contributed by atoms with E-state index >= 15 is 0 Å². The molecule has 17 heavy (non-hydrogen) atoms. The van der Waals surface area contributed by atoms with Crippen molar-refractivity contribution in [3.05, 3.63) is 29.3 Å². The maximum atomic E-state index is 11.3. The number of aryl methyl sites for hydroxylation is 1. The van der Waals surface area contributed by atoms with Gasteiger partial charge < -0.3 is 15.8 Å². The molecular formula is C13H16N2O2. The normalized spacial score (nSPS) is 9.35. The number of ether oxygens (including phenoxy) is 1. The van der Waals surface area contributed by atoms with E-state index in [1.807, 2.05) is 25.1 Å². The molecule has 0 saturated carbocycles. The highest BCUT2D eigenvalue weighted by Gasteiger charge is 2.02. The zero-order valence-electron chi connectivity index (χ0n) is 10.0. The van der Waals surface area contributed by atoms with Crippen LogP contribution < -0.4 is 11.1 Å². The van der Waals surface area contributed by atoms with Crippen molar-refractivity contribution in [3.63, 3.8) is 0 Å². The summed E-state index contributed by atoms with van der Waals surface area (Å²) < 4.78 is 4.74. The minimum Gasteiger partial charge on any atom is -0.375 e. The molecule has 1 rings (SSSR count). The summed E-state index contributed by atoms with van der Waals surface area (Å²) in [5, 5.41) is 2.72. The average Bonchev–Trinajstić information content (AvgIpc) is 2.30. The number of anilines is 1. The molecule has 0 aliphatic carbocycles. The van der Waals surface area contributed by atoms with Gasteiger partial charge in [-0.2, -0.15) is 0 Å². The first-order valence-corrected chi connectivity index (χ1v) is 5.25. The summed E-state index contributed by atoms with van der Waals surface area (Å²) in [4.78, 5) is 11.3.